The molecule has 0 radical (unpaired) electrons. The van der Waals surface area contributed by atoms with Gasteiger partial charge in [0.15, 0.2) is 5.76 Å². The van der Waals surface area contributed by atoms with Crippen molar-refractivity contribution in [2.24, 2.45) is 5.92 Å². The molecule has 3 rings (SSSR count). The highest BCUT2D eigenvalue weighted by atomic mass is 35.5. The summed E-state index contributed by atoms with van der Waals surface area (Å²) in [6.45, 7) is 0.840. The highest BCUT2D eigenvalue weighted by molar-refractivity contribution is 6.30. The number of furan rings is 1. The number of piperidine rings is 1. The zero-order valence-electron chi connectivity index (χ0n) is 9.65. The topological polar surface area (TPSA) is 45.5 Å². The van der Waals surface area contributed by atoms with Gasteiger partial charge in [-0.15, -0.1) is 0 Å². The van der Waals surface area contributed by atoms with Gasteiger partial charge in [-0.25, -0.2) is 0 Å². The summed E-state index contributed by atoms with van der Waals surface area (Å²) in [4.78, 5) is 14.3. The molecule has 4 nitrogen and oxygen atoms in total. The molecule has 2 heterocycles. The Hall–Kier alpha value is -1.00. The van der Waals surface area contributed by atoms with Crippen LogP contribution in [-0.2, 0) is 0 Å². The molecule has 1 saturated carbocycles. The van der Waals surface area contributed by atoms with E-state index in [1.165, 1.54) is 6.26 Å². The van der Waals surface area contributed by atoms with Crippen molar-refractivity contribution in [1.82, 2.24) is 10.2 Å². The lowest BCUT2D eigenvalue weighted by Gasteiger charge is -2.26. The summed E-state index contributed by atoms with van der Waals surface area (Å²) in [7, 11) is 1.91. The van der Waals surface area contributed by atoms with Crippen molar-refractivity contribution in [2.45, 2.75) is 24.9 Å². The minimum absolute atomic E-state index is 0.0258. The SMILES string of the molecule is CNCC1CC2CC2N1C(=O)c1cc(Cl)co1. The van der Waals surface area contributed by atoms with Crippen molar-refractivity contribution in [1.29, 1.82) is 0 Å². The molecule has 1 aliphatic heterocycles. The van der Waals surface area contributed by atoms with E-state index in [-0.39, 0.29) is 5.91 Å². The maximum atomic E-state index is 12.3. The second kappa shape index (κ2) is 4.03. The summed E-state index contributed by atoms with van der Waals surface area (Å²) in [6, 6.07) is 2.31. The van der Waals surface area contributed by atoms with E-state index in [9.17, 15) is 4.79 Å². The average Bonchev–Trinajstić information content (AvgIpc) is 2.76. The van der Waals surface area contributed by atoms with E-state index in [1.54, 1.807) is 6.07 Å². The zero-order chi connectivity index (χ0) is 12.0. The van der Waals surface area contributed by atoms with Gasteiger partial charge in [0.1, 0.15) is 6.26 Å². The Balaban J connectivity index is 1.80. The number of halogens is 1. The monoisotopic (exact) mass is 254 g/mol. The number of likely N-dealkylation sites (tertiary alicyclic amines) is 1. The Kier molecular flexibility index (Phi) is 2.64. The highest BCUT2D eigenvalue weighted by Crippen LogP contribution is 2.48. The first kappa shape index (κ1) is 11.1. The first-order valence-electron chi connectivity index (χ1n) is 5.92. The van der Waals surface area contributed by atoms with E-state index in [1.807, 2.05) is 11.9 Å². The van der Waals surface area contributed by atoms with Gasteiger partial charge in [0, 0.05) is 24.7 Å². The summed E-state index contributed by atoms with van der Waals surface area (Å²) < 4.78 is 5.19. The second-order valence-corrected chi connectivity index (χ2v) is 5.29. The fraction of sp³-hybridized carbons (Fsp3) is 0.583. The van der Waals surface area contributed by atoms with Crippen LogP contribution in [0.15, 0.2) is 16.7 Å². The zero-order valence-corrected chi connectivity index (χ0v) is 10.4. The van der Waals surface area contributed by atoms with Crippen LogP contribution in [0.25, 0.3) is 0 Å². The van der Waals surface area contributed by atoms with Gasteiger partial charge in [0.05, 0.1) is 5.02 Å². The third-order valence-corrected chi connectivity index (χ3v) is 3.86. The number of nitrogens with zero attached hydrogens (tertiary/aromatic N) is 1. The summed E-state index contributed by atoms with van der Waals surface area (Å²) in [5, 5.41) is 3.62. The fourth-order valence-corrected chi connectivity index (χ4v) is 2.99. The van der Waals surface area contributed by atoms with Crippen molar-refractivity contribution < 1.29 is 9.21 Å². The van der Waals surface area contributed by atoms with Crippen LogP contribution in [0.5, 0.6) is 0 Å². The Morgan fingerprint density at radius 3 is 3.12 bits per heavy atom. The lowest BCUT2D eigenvalue weighted by Crippen LogP contribution is -2.43. The van der Waals surface area contributed by atoms with Crippen molar-refractivity contribution >= 4 is 17.5 Å². The molecule has 0 aromatic carbocycles. The summed E-state index contributed by atoms with van der Waals surface area (Å²) >= 11 is 5.78. The molecule has 2 fully saturated rings. The highest BCUT2D eigenvalue weighted by Gasteiger charge is 2.54. The third-order valence-electron chi connectivity index (χ3n) is 3.66. The van der Waals surface area contributed by atoms with Gasteiger partial charge in [0.25, 0.3) is 5.91 Å². The minimum Gasteiger partial charge on any atom is -0.458 e. The number of amides is 1. The van der Waals surface area contributed by atoms with Crippen LogP contribution in [0.4, 0.5) is 0 Å². The van der Waals surface area contributed by atoms with E-state index in [0.29, 0.717) is 28.8 Å². The maximum absolute atomic E-state index is 12.3. The lowest BCUT2D eigenvalue weighted by molar-refractivity contribution is 0.0668. The minimum atomic E-state index is -0.0258. The molecule has 1 saturated heterocycles. The summed E-state index contributed by atoms with van der Waals surface area (Å²) in [6.07, 6.45) is 3.65. The van der Waals surface area contributed by atoms with E-state index >= 15 is 0 Å². The third kappa shape index (κ3) is 1.85. The van der Waals surface area contributed by atoms with Gasteiger partial charge in [-0.1, -0.05) is 11.6 Å². The first-order chi connectivity index (χ1) is 8.20. The molecular weight excluding hydrogens is 240 g/mol. The summed E-state index contributed by atoms with van der Waals surface area (Å²) in [5.74, 6) is 1.02. The van der Waals surface area contributed by atoms with E-state index < -0.39 is 0 Å². The average molecular weight is 255 g/mol. The van der Waals surface area contributed by atoms with Gasteiger partial charge in [-0.3, -0.25) is 4.79 Å². The van der Waals surface area contributed by atoms with Gasteiger partial charge in [-0.2, -0.15) is 0 Å². The lowest BCUT2D eigenvalue weighted by atomic mass is 10.1. The largest absolute Gasteiger partial charge is 0.458 e. The molecule has 2 aliphatic rings. The molecule has 1 aromatic rings. The van der Waals surface area contributed by atoms with E-state index in [0.717, 1.165) is 19.4 Å². The Morgan fingerprint density at radius 2 is 2.47 bits per heavy atom. The number of hydrogen-bond acceptors (Lipinski definition) is 3. The Bertz CT molecular complexity index is 445. The van der Waals surface area contributed by atoms with Gasteiger partial charge in [-0.05, 0) is 25.8 Å². The number of nitrogens with one attached hydrogen (secondary N) is 1. The number of carbonyl (C=O) groups is 1. The molecule has 3 unspecified atom stereocenters. The van der Waals surface area contributed by atoms with Crippen molar-refractivity contribution in [3.05, 3.63) is 23.1 Å². The quantitative estimate of drug-likeness (QED) is 0.894. The van der Waals surface area contributed by atoms with Crippen LogP contribution in [0, 0.1) is 5.92 Å². The van der Waals surface area contributed by atoms with E-state index in [2.05, 4.69) is 5.32 Å². The van der Waals surface area contributed by atoms with Crippen molar-refractivity contribution in [3.63, 3.8) is 0 Å². The standard InChI is InChI=1S/C12H15ClN2O2/c1-14-5-9-2-7-3-10(7)15(9)12(16)11-4-8(13)6-17-11/h4,6-7,9-10,14H,2-3,5H2,1H3. The van der Waals surface area contributed by atoms with Crippen LogP contribution in [-0.4, -0.2) is 36.5 Å². The van der Waals surface area contributed by atoms with Crippen LogP contribution < -0.4 is 5.32 Å². The smallest absolute Gasteiger partial charge is 0.290 e. The van der Waals surface area contributed by atoms with Crippen LogP contribution >= 0.6 is 11.6 Å². The molecule has 1 N–H and O–H groups in total. The first-order valence-corrected chi connectivity index (χ1v) is 6.30. The van der Waals surface area contributed by atoms with Gasteiger partial charge in [0.2, 0.25) is 0 Å². The van der Waals surface area contributed by atoms with Crippen LogP contribution in [0.1, 0.15) is 23.4 Å². The fourth-order valence-electron chi connectivity index (χ4n) is 2.85. The van der Waals surface area contributed by atoms with Gasteiger partial charge >= 0.3 is 0 Å². The number of carbonyl (C=O) groups excluding carboxylic acids is 1. The van der Waals surface area contributed by atoms with Crippen LogP contribution in [0.3, 0.4) is 0 Å². The predicted molar refractivity (Wildman–Crippen MR) is 64.1 cm³/mol. The number of hydrogen-bond donors (Lipinski definition) is 1. The summed E-state index contributed by atoms with van der Waals surface area (Å²) in [5.41, 5.74) is 0. The molecule has 1 amide bonds. The van der Waals surface area contributed by atoms with Gasteiger partial charge < -0.3 is 14.6 Å². The molecule has 1 aromatic heterocycles. The van der Waals surface area contributed by atoms with E-state index in [4.69, 9.17) is 16.0 Å². The molecule has 0 spiro atoms. The molecule has 0 bridgehead atoms. The Labute approximate surface area is 105 Å². The second-order valence-electron chi connectivity index (χ2n) is 4.85. The van der Waals surface area contributed by atoms with Crippen molar-refractivity contribution in [3.8, 4) is 0 Å². The number of fused-ring (bicyclic) bond motifs is 1. The van der Waals surface area contributed by atoms with Crippen LogP contribution in [0.2, 0.25) is 5.02 Å². The van der Waals surface area contributed by atoms with Crippen molar-refractivity contribution in [2.75, 3.05) is 13.6 Å². The molecule has 3 atom stereocenters. The molecular formula is C12H15ClN2O2. The maximum Gasteiger partial charge on any atom is 0.290 e. The number of likely N-dealkylation sites (N-methyl/N-ethyl adjacent to an activating group) is 1. The molecule has 1 aliphatic carbocycles. The molecule has 17 heavy (non-hydrogen) atoms. The predicted octanol–water partition coefficient (Wildman–Crippen LogP) is 1.76. The number of rotatable bonds is 3. The molecule has 92 valence electrons. The Morgan fingerprint density at radius 1 is 1.65 bits per heavy atom. The normalized spacial score (nSPS) is 30.5. The molecule has 5 heteroatoms.